The smallest absolute Gasteiger partial charge is 0.278 e. The number of rotatable bonds is 5. The fourth-order valence-corrected chi connectivity index (χ4v) is 3.75. The fourth-order valence-electron chi connectivity index (χ4n) is 2.29. The van der Waals surface area contributed by atoms with E-state index in [-0.39, 0.29) is 36.4 Å². The maximum atomic E-state index is 13.0. The van der Waals surface area contributed by atoms with Gasteiger partial charge in [-0.2, -0.15) is 0 Å². The number of carbonyl (C=O) groups excluding carboxylic acids is 2. The number of aliphatic imine (C=N–C) groups is 1. The zero-order valence-corrected chi connectivity index (χ0v) is 20.7. The molecule has 0 aliphatic carbocycles. The minimum absolute atomic E-state index is 0.00587. The summed E-state index contributed by atoms with van der Waals surface area (Å²) in [6.07, 6.45) is 0. The van der Waals surface area contributed by atoms with E-state index in [1.54, 1.807) is 20.8 Å². The SMILES string of the molecule is CC(C)(C)C(=O)C(=Nc1cc(Cl)c(O)c(Cl)c1Cl)C(=O)Nc1ccc(S(N)(=O)=O)cc1Cl. The number of nitrogens with zero attached hydrogens (tertiary/aromatic N) is 1. The molecule has 0 bridgehead atoms. The Kier molecular flexibility index (Phi) is 7.87. The number of primary sulfonamides is 1. The van der Waals surface area contributed by atoms with E-state index in [2.05, 4.69) is 10.3 Å². The first-order valence-electron chi connectivity index (χ1n) is 8.67. The Bertz CT molecular complexity index is 1250. The Labute approximate surface area is 204 Å². The molecule has 0 saturated heterocycles. The van der Waals surface area contributed by atoms with Gasteiger partial charge < -0.3 is 10.4 Å². The van der Waals surface area contributed by atoms with Crippen molar-refractivity contribution in [2.24, 2.45) is 15.5 Å². The Morgan fingerprint density at radius 3 is 2.12 bits per heavy atom. The topological polar surface area (TPSA) is 139 Å². The van der Waals surface area contributed by atoms with Crippen molar-refractivity contribution in [1.82, 2.24) is 0 Å². The van der Waals surface area contributed by atoms with Crippen LogP contribution >= 0.6 is 46.4 Å². The van der Waals surface area contributed by atoms with Crippen LogP contribution in [0.25, 0.3) is 0 Å². The minimum Gasteiger partial charge on any atom is -0.505 e. The second kappa shape index (κ2) is 9.54. The van der Waals surface area contributed by atoms with Crippen LogP contribution in [0.3, 0.4) is 0 Å². The number of phenols is 1. The van der Waals surface area contributed by atoms with Crippen molar-refractivity contribution in [2.45, 2.75) is 25.7 Å². The van der Waals surface area contributed by atoms with Gasteiger partial charge in [0.15, 0.2) is 17.2 Å². The van der Waals surface area contributed by atoms with Crippen LogP contribution < -0.4 is 10.5 Å². The molecule has 0 aromatic heterocycles. The lowest BCUT2D eigenvalue weighted by atomic mass is 9.87. The Morgan fingerprint density at radius 1 is 1.03 bits per heavy atom. The third-order valence-electron chi connectivity index (χ3n) is 3.98. The number of sulfonamides is 1. The van der Waals surface area contributed by atoms with E-state index < -0.39 is 38.6 Å². The summed E-state index contributed by atoms with van der Waals surface area (Å²) in [6.45, 7) is 4.72. The molecule has 8 nitrogen and oxygen atoms in total. The van der Waals surface area contributed by atoms with Crippen LogP contribution in [-0.4, -0.2) is 30.9 Å². The number of aromatic hydroxyl groups is 1. The van der Waals surface area contributed by atoms with E-state index in [4.69, 9.17) is 51.5 Å². The monoisotopic (exact) mass is 539 g/mol. The standard InChI is InChI=1S/C19H17Cl4N3O5S/c1-19(2,3)17(28)15(25-12-7-10(21)16(27)14(23)13(12)22)18(29)26-11-5-4-8(6-9(11)20)32(24,30)31/h4-7,27H,1-3H3,(H,26,29)(H2,24,30,31). The summed E-state index contributed by atoms with van der Waals surface area (Å²) < 4.78 is 22.9. The molecule has 4 N–H and O–H groups in total. The largest absolute Gasteiger partial charge is 0.505 e. The van der Waals surface area contributed by atoms with E-state index in [0.717, 1.165) is 18.2 Å². The Balaban J connectivity index is 2.57. The average Bonchev–Trinajstić information content (AvgIpc) is 2.67. The molecule has 0 aliphatic heterocycles. The number of anilines is 1. The number of nitrogens with one attached hydrogen (secondary N) is 1. The molecule has 0 atom stereocenters. The first-order chi connectivity index (χ1) is 14.5. The van der Waals surface area contributed by atoms with Gasteiger partial charge in [0.1, 0.15) is 5.02 Å². The summed E-state index contributed by atoms with van der Waals surface area (Å²) in [5.74, 6) is -2.08. The van der Waals surface area contributed by atoms with E-state index >= 15 is 0 Å². The van der Waals surface area contributed by atoms with Gasteiger partial charge in [0.05, 0.1) is 31.3 Å². The van der Waals surface area contributed by atoms with Crippen molar-refractivity contribution >= 4 is 85.2 Å². The maximum Gasteiger partial charge on any atom is 0.278 e. The maximum absolute atomic E-state index is 13.0. The van der Waals surface area contributed by atoms with Crippen LogP contribution in [0.4, 0.5) is 11.4 Å². The van der Waals surface area contributed by atoms with Gasteiger partial charge in [-0.3, -0.25) is 9.59 Å². The number of nitrogens with two attached hydrogens (primary N) is 1. The third kappa shape index (κ3) is 5.92. The molecule has 0 fully saturated rings. The molecule has 0 spiro atoms. The van der Waals surface area contributed by atoms with E-state index in [1.165, 1.54) is 6.07 Å². The van der Waals surface area contributed by atoms with Gasteiger partial charge >= 0.3 is 0 Å². The zero-order valence-electron chi connectivity index (χ0n) is 16.8. The van der Waals surface area contributed by atoms with Crippen molar-refractivity contribution in [3.05, 3.63) is 44.4 Å². The van der Waals surface area contributed by atoms with Gasteiger partial charge in [-0.25, -0.2) is 18.5 Å². The van der Waals surface area contributed by atoms with Crippen molar-refractivity contribution in [2.75, 3.05) is 5.32 Å². The predicted octanol–water partition coefficient (Wildman–Crippen LogP) is 4.98. The van der Waals surface area contributed by atoms with Gasteiger partial charge in [-0.15, -0.1) is 0 Å². The van der Waals surface area contributed by atoms with Crippen LogP contribution in [0.15, 0.2) is 34.2 Å². The number of ketones is 1. The van der Waals surface area contributed by atoms with E-state index in [0.29, 0.717) is 0 Å². The van der Waals surface area contributed by atoms with E-state index in [1.807, 2.05) is 0 Å². The summed E-state index contributed by atoms with van der Waals surface area (Å²) in [7, 11) is -4.01. The fraction of sp³-hybridized carbons (Fsp3) is 0.211. The lowest BCUT2D eigenvalue weighted by Gasteiger charge is -2.18. The van der Waals surface area contributed by atoms with Gasteiger partial charge in [0.2, 0.25) is 10.0 Å². The number of benzene rings is 2. The second-order valence-electron chi connectivity index (χ2n) is 7.53. The lowest BCUT2D eigenvalue weighted by molar-refractivity contribution is -0.121. The van der Waals surface area contributed by atoms with Crippen molar-refractivity contribution in [1.29, 1.82) is 0 Å². The molecule has 2 rings (SSSR count). The summed E-state index contributed by atoms with van der Waals surface area (Å²) in [6, 6.07) is 4.53. The Hall–Kier alpha value is -1.88. The zero-order chi connectivity index (χ0) is 24.6. The van der Waals surface area contributed by atoms with Crippen molar-refractivity contribution in [3.8, 4) is 5.75 Å². The number of hydrogen-bond donors (Lipinski definition) is 3. The highest BCUT2D eigenvalue weighted by Gasteiger charge is 2.32. The van der Waals surface area contributed by atoms with Crippen LogP contribution in [0.2, 0.25) is 20.1 Å². The molecular formula is C19H17Cl4N3O5S. The van der Waals surface area contributed by atoms with Gasteiger partial charge in [0.25, 0.3) is 5.91 Å². The molecule has 13 heteroatoms. The van der Waals surface area contributed by atoms with Crippen molar-refractivity contribution in [3.63, 3.8) is 0 Å². The number of amides is 1. The summed E-state index contributed by atoms with van der Waals surface area (Å²) in [5.41, 5.74) is -1.69. The third-order valence-corrected chi connectivity index (χ3v) is 6.34. The van der Waals surface area contributed by atoms with Crippen LogP contribution in [0.1, 0.15) is 20.8 Å². The number of hydrogen-bond acceptors (Lipinski definition) is 6. The number of Topliss-reactive ketones (excluding diaryl/α,β-unsaturated/α-hetero) is 1. The molecule has 0 aliphatic rings. The molecule has 1 amide bonds. The number of phenolic OH excluding ortho intramolecular Hbond substituents is 1. The molecule has 0 radical (unpaired) electrons. The summed E-state index contributed by atoms with van der Waals surface area (Å²) >= 11 is 24.0. The molecular weight excluding hydrogens is 524 g/mol. The average molecular weight is 541 g/mol. The first kappa shape index (κ1) is 26.4. The normalized spacial score (nSPS) is 12.6. The molecule has 2 aromatic rings. The predicted molar refractivity (Wildman–Crippen MR) is 126 cm³/mol. The minimum atomic E-state index is -4.01. The van der Waals surface area contributed by atoms with Gasteiger partial charge in [-0.05, 0) is 24.3 Å². The van der Waals surface area contributed by atoms with Crippen LogP contribution in [-0.2, 0) is 19.6 Å². The molecule has 0 unspecified atom stereocenters. The summed E-state index contributed by atoms with van der Waals surface area (Å²) in [5, 5.41) is 16.4. The lowest BCUT2D eigenvalue weighted by Crippen LogP contribution is -2.37. The highest BCUT2D eigenvalue weighted by atomic mass is 35.5. The molecule has 0 saturated carbocycles. The second-order valence-corrected chi connectivity index (χ2v) is 10.7. The van der Waals surface area contributed by atoms with E-state index in [9.17, 15) is 23.1 Å². The van der Waals surface area contributed by atoms with Crippen molar-refractivity contribution < 1.29 is 23.1 Å². The molecule has 172 valence electrons. The van der Waals surface area contributed by atoms with Crippen LogP contribution in [0.5, 0.6) is 5.75 Å². The molecule has 0 heterocycles. The quantitative estimate of drug-likeness (QED) is 0.279. The Morgan fingerprint density at radius 2 is 1.62 bits per heavy atom. The van der Waals surface area contributed by atoms with Gasteiger partial charge in [0, 0.05) is 5.41 Å². The first-order valence-corrected chi connectivity index (χ1v) is 11.7. The van der Waals surface area contributed by atoms with Crippen LogP contribution in [0, 0.1) is 5.41 Å². The highest BCUT2D eigenvalue weighted by Crippen LogP contribution is 2.43. The number of carbonyl (C=O) groups is 2. The molecule has 2 aromatic carbocycles. The van der Waals surface area contributed by atoms with Gasteiger partial charge in [-0.1, -0.05) is 67.2 Å². The number of halogens is 4. The summed E-state index contributed by atoms with van der Waals surface area (Å²) in [4.78, 5) is 29.7. The molecule has 32 heavy (non-hydrogen) atoms. The highest BCUT2D eigenvalue weighted by molar-refractivity contribution is 7.89.